The van der Waals surface area contributed by atoms with Crippen molar-refractivity contribution in [3.8, 4) is 22.8 Å². The summed E-state index contributed by atoms with van der Waals surface area (Å²) < 4.78 is 0. The van der Waals surface area contributed by atoms with Crippen LogP contribution in [0.5, 0.6) is 0 Å². The number of hydrogen-bond acceptors (Lipinski definition) is 3. The fourth-order valence-corrected chi connectivity index (χ4v) is 2.71. The van der Waals surface area contributed by atoms with E-state index in [-0.39, 0.29) is 24.0 Å². The summed E-state index contributed by atoms with van der Waals surface area (Å²) >= 11 is 0.194. The van der Waals surface area contributed by atoms with Gasteiger partial charge in [-0.1, -0.05) is 59.7 Å². The number of pyridine rings is 3. The predicted octanol–water partition coefficient (Wildman–Crippen LogP) is 7.18. The molecule has 0 saturated carbocycles. The van der Waals surface area contributed by atoms with Crippen molar-refractivity contribution in [1.29, 1.82) is 0 Å². The van der Waals surface area contributed by atoms with Crippen molar-refractivity contribution in [3.63, 3.8) is 0 Å². The summed E-state index contributed by atoms with van der Waals surface area (Å²) in [5.41, 5.74) is 5.68. The van der Waals surface area contributed by atoms with Crippen molar-refractivity contribution in [3.05, 3.63) is 66.0 Å². The summed E-state index contributed by atoms with van der Waals surface area (Å²) in [4.78, 5) is 14.5. The summed E-state index contributed by atoms with van der Waals surface area (Å²) in [6.07, 6.45) is 0. The van der Waals surface area contributed by atoms with E-state index in [2.05, 4.69) is 65.8 Å². The number of rotatable bonds is 2. The van der Waals surface area contributed by atoms with Gasteiger partial charge in [0.2, 0.25) is 0 Å². The van der Waals surface area contributed by atoms with E-state index in [9.17, 15) is 0 Å². The van der Waals surface area contributed by atoms with E-state index >= 15 is 0 Å². The third-order valence-corrected chi connectivity index (χ3v) is 4.31. The van der Waals surface area contributed by atoms with E-state index in [1.165, 1.54) is 0 Å². The van der Waals surface area contributed by atoms with Crippen molar-refractivity contribution in [2.24, 2.45) is 0 Å². The average molecular weight is 472 g/mol. The van der Waals surface area contributed by atoms with E-state index in [4.69, 9.17) is 35.1 Å². The van der Waals surface area contributed by atoms with Gasteiger partial charge in [0.05, 0.1) is 22.8 Å². The Morgan fingerprint density at radius 1 is 0.552 bits per heavy atom. The van der Waals surface area contributed by atoms with E-state index in [0.29, 0.717) is 0 Å². The minimum absolute atomic E-state index is 0.0101. The minimum atomic E-state index is 0.0101. The van der Waals surface area contributed by atoms with Crippen molar-refractivity contribution < 1.29 is 13.1 Å². The van der Waals surface area contributed by atoms with E-state index in [1.807, 2.05) is 30.3 Å². The second-order valence-corrected chi connectivity index (χ2v) is 10.6. The zero-order valence-electron chi connectivity index (χ0n) is 17.6. The Morgan fingerprint density at radius 3 is 1.14 bits per heavy atom. The third-order valence-electron chi connectivity index (χ3n) is 4.31. The second kappa shape index (κ2) is 10.0. The summed E-state index contributed by atoms with van der Waals surface area (Å²) in [7, 11) is 9.53. The van der Waals surface area contributed by atoms with Crippen LogP contribution in [0.4, 0.5) is 0 Å². The molecule has 0 atom stereocenters. The molecular weight excluding hydrogens is 445 g/mol. The molecule has 0 radical (unpaired) electrons. The molecule has 0 N–H and O–H groups in total. The summed E-state index contributed by atoms with van der Waals surface area (Å²) in [6.45, 7) is 13.0. The molecule has 0 aliphatic carbocycles. The normalized spacial score (nSPS) is 11.7. The van der Waals surface area contributed by atoms with Gasteiger partial charge in [-0.05, 0) is 36.4 Å². The first-order valence-electron chi connectivity index (χ1n) is 9.34. The van der Waals surface area contributed by atoms with Gasteiger partial charge in [-0.15, -0.1) is 0 Å². The number of hydrogen-bond donors (Lipinski definition) is 0. The van der Waals surface area contributed by atoms with Crippen molar-refractivity contribution in [1.82, 2.24) is 15.0 Å². The summed E-state index contributed by atoms with van der Waals surface area (Å²) in [6, 6.07) is 18.3. The number of aromatic nitrogens is 3. The monoisotopic (exact) mass is 471 g/mol. The Bertz CT molecular complexity index is 874. The molecule has 0 unspecified atom stereocenters. The predicted molar refractivity (Wildman–Crippen MR) is 120 cm³/mol. The molecule has 0 aliphatic heterocycles. The van der Waals surface area contributed by atoms with Crippen LogP contribution in [-0.2, 0) is 24.0 Å². The van der Waals surface area contributed by atoms with Crippen molar-refractivity contribution in [2.45, 2.75) is 52.4 Å². The fourth-order valence-electron chi connectivity index (χ4n) is 2.71. The first-order chi connectivity index (χ1) is 13.6. The van der Waals surface area contributed by atoms with Crippen LogP contribution in [0.3, 0.4) is 0 Å². The van der Waals surface area contributed by atoms with Crippen LogP contribution in [0.2, 0.25) is 0 Å². The standard InChI is InChI=1S/C23H27N3.2ClH.Fe/c1-22(2,3)20-14-8-12-18(25-20)16-10-7-11-17(24-16)19-13-9-15-21(26-19)23(4,5)6;;;/h7-15H,1-6H3;2*1H;/q;;;+2/p-2. The molecule has 0 aliphatic rings. The molecule has 156 valence electrons. The van der Waals surface area contributed by atoms with Crippen LogP contribution in [0, 0.1) is 0 Å². The molecule has 3 aromatic rings. The molecule has 0 aromatic carbocycles. The third kappa shape index (κ3) is 6.79. The molecule has 3 heterocycles. The molecule has 3 aromatic heterocycles. The van der Waals surface area contributed by atoms with Crippen LogP contribution < -0.4 is 0 Å². The van der Waals surface area contributed by atoms with Gasteiger partial charge in [-0.25, -0.2) is 4.98 Å². The second-order valence-electron chi connectivity index (χ2n) is 8.77. The molecule has 0 spiro atoms. The topological polar surface area (TPSA) is 38.7 Å². The maximum atomic E-state index is 4.83. The quantitative estimate of drug-likeness (QED) is 0.371. The first kappa shape index (κ1) is 23.8. The fraction of sp³-hybridized carbons (Fsp3) is 0.348. The van der Waals surface area contributed by atoms with E-state index in [1.54, 1.807) is 0 Å². The summed E-state index contributed by atoms with van der Waals surface area (Å²) in [5.74, 6) is 0. The number of halogens is 2. The van der Waals surface area contributed by atoms with Gasteiger partial charge in [0.25, 0.3) is 0 Å². The average Bonchev–Trinajstić information content (AvgIpc) is 2.68. The van der Waals surface area contributed by atoms with Crippen LogP contribution in [0.1, 0.15) is 52.9 Å². The van der Waals surface area contributed by atoms with Gasteiger partial charge < -0.3 is 0 Å². The van der Waals surface area contributed by atoms with E-state index < -0.39 is 0 Å². The van der Waals surface area contributed by atoms with Gasteiger partial charge in [0.1, 0.15) is 0 Å². The maximum absolute atomic E-state index is 4.83. The molecule has 0 bridgehead atoms. The molecule has 6 heteroatoms. The van der Waals surface area contributed by atoms with Crippen LogP contribution >= 0.6 is 20.2 Å². The van der Waals surface area contributed by atoms with Gasteiger partial charge in [-0.3, -0.25) is 9.97 Å². The molecule has 3 nitrogen and oxygen atoms in total. The zero-order chi connectivity index (χ0) is 21.7. The molecule has 3 rings (SSSR count). The molecule has 0 fully saturated rings. The Labute approximate surface area is 188 Å². The van der Waals surface area contributed by atoms with Gasteiger partial charge in [-0.2, -0.15) is 0 Å². The van der Waals surface area contributed by atoms with Crippen LogP contribution in [-0.4, -0.2) is 15.0 Å². The molecule has 0 saturated heterocycles. The van der Waals surface area contributed by atoms with Crippen LogP contribution in [0.25, 0.3) is 22.8 Å². The molecule has 29 heavy (non-hydrogen) atoms. The SMILES string of the molecule is CC(C)(C)c1cccc(-c2cccc(-c3cccc(C(C)(C)C)n3)n2)n1.[Cl][Fe][Cl]. The Balaban J connectivity index is 0.000000941. The zero-order valence-corrected chi connectivity index (χ0v) is 20.3. The van der Waals surface area contributed by atoms with Gasteiger partial charge in [0.15, 0.2) is 0 Å². The van der Waals surface area contributed by atoms with Gasteiger partial charge in [0, 0.05) is 22.2 Å². The number of nitrogens with zero attached hydrogens (tertiary/aromatic N) is 3. The summed E-state index contributed by atoms with van der Waals surface area (Å²) in [5, 5.41) is 0. The van der Waals surface area contributed by atoms with Gasteiger partial charge >= 0.3 is 33.3 Å². The van der Waals surface area contributed by atoms with E-state index in [0.717, 1.165) is 34.2 Å². The van der Waals surface area contributed by atoms with Crippen molar-refractivity contribution in [2.75, 3.05) is 0 Å². The van der Waals surface area contributed by atoms with Crippen molar-refractivity contribution >= 4 is 20.2 Å². The molecule has 0 amide bonds. The Morgan fingerprint density at radius 2 is 0.828 bits per heavy atom. The molecular formula is C23H27Cl2FeN3. The Hall–Kier alpha value is -1.45. The Kier molecular flexibility index (Phi) is 8.25. The van der Waals surface area contributed by atoms with Crippen LogP contribution in [0.15, 0.2) is 54.6 Å². The first-order valence-corrected chi connectivity index (χ1v) is 12.4.